The second-order valence-electron chi connectivity index (χ2n) is 5.53. The molecule has 0 saturated heterocycles. The summed E-state index contributed by atoms with van der Waals surface area (Å²) in [5.41, 5.74) is 7.32. The molecule has 0 saturated carbocycles. The van der Waals surface area contributed by atoms with Gasteiger partial charge in [-0.05, 0) is 55.6 Å². The van der Waals surface area contributed by atoms with Crippen molar-refractivity contribution >= 4 is 21.4 Å². The monoisotopic (exact) mass is 262 g/mol. The Morgan fingerprint density at radius 1 is 1.28 bits per heavy atom. The van der Waals surface area contributed by atoms with Crippen LogP contribution < -0.4 is 11.1 Å². The fourth-order valence-corrected chi connectivity index (χ4v) is 3.02. The van der Waals surface area contributed by atoms with Gasteiger partial charge in [-0.25, -0.2) is 0 Å². The van der Waals surface area contributed by atoms with Crippen molar-refractivity contribution in [3.05, 3.63) is 35.2 Å². The molecular weight excluding hydrogens is 240 g/mol. The number of rotatable bonds is 6. The highest BCUT2D eigenvalue weighted by atomic mass is 32.1. The lowest BCUT2D eigenvalue weighted by Gasteiger charge is -2.17. The Bertz CT molecular complexity index is 496. The molecule has 98 valence electrons. The molecule has 3 N–H and O–H groups in total. The van der Waals surface area contributed by atoms with Crippen molar-refractivity contribution in [2.75, 3.05) is 6.54 Å². The summed E-state index contributed by atoms with van der Waals surface area (Å²) in [4.78, 5) is 0. The molecule has 0 aliphatic heterocycles. The van der Waals surface area contributed by atoms with Crippen LogP contribution in [0.4, 0.5) is 0 Å². The van der Waals surface area contributed by atoms with E-state index in [4.69, 9.17) is 5.73 Å². The van der Waals surface area contributed by atoms with Crippen LogP contribution in [0.1, 0.15) is 32.3 Å². The third-order valence-electron chi connectivity index (χ3n) is 3.05. The molecule has 2 rings (SSSR count). The molecule has 0 amide bonds. The number of nitrogens with two attached hydrogens (primary N) is 1. The van der Waals surface area contributed by atoms with Crippen LogP contribution in [-0.4, -0.2) is 12.1 Å². The minimum absolute atomic E-state index is 0.0449. The van der Waals surface area contributed by atoms with E-state index in [9.17, 15) is 0 Å². The molecule has 2 aromatic rings. The Balaban J connectivity index is 1.80. The fourth-order valence-electron chi connectivity index (χ4n) is 2.06. The summed E-state index contributed by atoms with van der Waals surface area (Å²) in [6, 6.07) is 8.58. The van der Waals surface area contributed by atoms with E-state index >= 15 is 0 Å². The minimum atomic E-state index is -0.0449. The molecular formula is C15H22N2S. The lowest BCUT2D eigenvalue weighted by Crippen LogP contribution is -2.32. The molecule has 2 nitrogen and oxygen atoms in total. The van der Waals surface area contributed by atoms with Crippen LogP contribution in [0, 0.1) is 0 Å². The second-order valence-corrected chi connectivity index (χ2v) is 6.44. The summed E-state index contributed by atoms with van der Waals surface area (Å²) in [7, 11) is 0. The standard InChI is InChI=1S/C15H22N2S/c1-15(2,16)8-5-9-17-10-12-11-18-14-7-4-3-6-13(12)14/h3-4,6-7,11,17H,5,8-10,16H2,1-2H3. The van der Waals surface area contributed by atoms with Crippen molar-refractivity contribution in [1.29, 1.82) is 0 Å². The summed E-state index contributed by atoms with van der Waals surface area (Å²) < 4.78 is 1.37. The predicted molar refractivity (Wildman–Crippen MR) is 81.0 cm³/mol. The van der Waals surface area contributed by atoms with E-state index in [2.05, 4.69) is 48.8 Å². The number of fused-ring (bicyclic) bond motifs is 1. The van der Waals surface area contributed by atoms with Gasteiger partial charge in [0.1, 0.15) is 0 Å². The van der Waals surface area contributed by atoms with Gasteiger partial charge in [0.2, 0.25) is 0 Å². The molecule has 1 heterocycles. The van der Waals surface area contributed by atoms with Crippen molar-refractivity contribution < 1.29 is 0 Å². The number of hydrogen-bond acceptors (Lipinski definition) is 3. The Morgan fingerprint density at radius 3 is 2.83 bits per heavy atom. The van der Waals surface area contributed by atoms with Gasteiger partial charge in [0, 0.05) is 16.8 Å². The first-order valence-electron chi connectivity index (χ1n) is 6.51. The zero-order valence-electron chi connectivity index (χ0n) is 11.2. The number of hydrogen-bond donors (Lipinski definition) is 2. The molecule has 0 aliphatic carbocycles. The molecule has 1 aromatic heterocycles. The van der Waals surface area contributed by atoms with Crippen LogP contribution in [0.3, 0.4) is 0 Å². The SMILES string of the molecule is CC(C)(N)CCCNCc1csc2ccccc12. The molecule has 0 atom stereocenters. The van der Waals surface area contributed by atoms with E-state index < -0.39 is 0 Å². The van der Waals surface area contributed by atoms with E-state index in [1.165, 1.54) is 15.6 Å². The molecule has 18 heavy (non-hydrogen) atoms. The van der Waals surface area contributed by atoms with Crippen molar-refractivity contribution in [3.8, 4) is 0 Å². The third kappa shape index (κ3) is 3.80. The largest absolute Gasteiger partial charge is 0.326 e. The van der Waals surface area contributed by atoms with Gasteiger partial charge >= 0.3 is 0 Å². The Hall–Kier alpha value is -0.900. The molecule has 0 radical (unpaired) electrons. The van der Waals surface area contributed by atoms with Crippen molar-refractivity contribution in [2.45, 2.75) is 38.8 Å². The van der Waals surface area contributed by atoms with Gasteiger partial charge in [-0.2, -0.15) is 0 Å². The topological polar surface area (TPSA) is 38.0 Å². The maximum absolute atomic E-state index is 5.96. The van der Waals surface area contributed by atoms with Gasteiger partial charge in [-0.3, -0.25) is 0 Å². The van der Waals surface area contributed by atoms with E-state index in [1.807, 2.05) is 11.3 Å². The molecule has 0 spiro atoms. The van der Waals surface area contributed by atoms with Gasteiger partial charge in [0.25, 0.3) is 0 Å². The van der Waals surface area contributed by atoms with Gasteiger partial charge in [-0.1, -0.05) is 18.2 Å². The zero-order valence-corrected chi connectivity index (χ0v) is 12.0. The first kappa shape index (κ1) is 13.5. The average molecular weight is 262 g/mol. The van der Waals surface area contributed by atoms with Gasteiger partial charge in [0.15, 0.2) is 0 Å². The lowest BCUT2D eigenvalue weighted by molar-refractivity contribution is 0.448. The first-order chi connectivity index (χ1) is 8.56. The average Bonchev–Trinajstić information content (AvgIpc) is 2.71. The zero-order chi connectivity index (χ0) is 13.0. The molecule has 0 fully saturated rings. The maximum atomic E-state index is 5.96. The van der Waals surface area contributed by atoms with E-state index in [-0.39, 0.29) is 5.54 Å². The van der Waals surface area contributed by atoms with Crippen LogP contribution in [0.5, 0.6) is 0 Å². The van der Waals surface area contributed by atoms with Crippen LogP contribution in [0.25, 0.3) is 10.1 Å². The number of benzene rings is 1. The van der Waals surface area contributed by atoms with E-state index in [1.54, 1.807) is 0 Å². The molecule has 3 heteroatoms. The molecule has 0 bridgehead atoms. The van der Waals surface area contributed by atoms with Crippen molar-refractivity contribution in [3.63, 3.8) is 0 Å². The van der Waals surface area contributed by atoms with Crippen molar-refractivity contribution in [2.24, 2.45) is 5.73 Å². The summed E-state index contributed by atoms with van der Waals surface area (Å²) in [5, 5.41) is 7.14. The molecule has 0 aliphatic rings. The third-order valence-corrected chi connectivity index (χ3v) is 4.06. The van der Waals surface area contributed by atoms with E-state index in [0.29, 0.717) is 0 Å². The van der Waals surface area contributed by atoms with Crippen molar-refractivity contribution in [1.82, 2.24) is 5.32 Å². The normalized spacial score (nSPS) is 12.2. The quantitative estimate of drug-likeness (QED) is 0.782. The van der Waals surface area contributed by atoms with Gasteiger partial charge < -0.3 is 11.1 Å². The molecule has 0 unspecified atom stereocenters. The first-order valence-corrected chi connectivity index (χ1v) is 7.39. The summed E-state index contributed by atoms with van der Waals surface area (Å²) in [6.45, 7) is 6.15. The summed E-state index contributed by atoms with van der Waals surface area (Å²) in [6.07, 6.45) is 2.19. The smallest absolute Gasteiger partial charge is 0.0346 e. The highest BCUT2D eigenvalue weighted by Gasteiger charge is 2.09. The van der Waals surface area contributed by atoms with Crippen LogP contribution in [0.2, 0.25) is 0 Å². The second kappa shape index (κ2) is 5.83. The minimum Gasteiger partial charge on any atom is -0.326 e. The predicted octanol–water partition coefficient (Wildman–Crippen LogP) is 3.51. The van der Waals surface area contributed by atoms with Gasteiger partial charge in [-0.15, -0.1) is 11.3 Å². The van der Waals surface area contributed by atoms with E-state index in [0.717, 1.165) is 25.9 Å². The lowest BCUT2D eigenvalue weighted by atomic mass is 10.0. The highest BCUT2D eigenvalue weighted by Crippen LogP contribution is 2.25. The molecule has 1 aromatic carbocycles. The Morgan fingerprint density at radius 2 is 2.06 bits per heavy atom. The number of nitrogens with one attached hydrogen (secondary N) is 1. The fraction of sp³-hybridized carbons (Fsp3) is 0.467. The highest BCUT2D eigenvalue weighted by molar-refractivity contribution is 7.17. The summed E-state index contributed by atoms with van der Waals surface area (Å²) >= 11 is 1.82. The van der Waals surface area contributed by atoms with Crippen LogP contribution in [0.15, 0.2) is 29.6 Å². The number of thiophene rings is 1. The van der Waals surface area contributed by atoms with Gasteiger partial charge in [0.05, 0.1) is 0 Å². The Labute approximate surface area is 113 Å². The Kier molecular flexibility index (Phi) is 4.38. The van der Waals surface area contributed by atoms with Crippen LogP contribution in [-0.2, 0) is 6.54 Å². The van der Waals surface area contributed by atoms with Crippen LogP contribution >= 0.6 is 11.3 Å². The maximum Gasteiger partial charge on any atom is 0.0346 e. The summed E-state index contributed by atoms with van der Waals surface area (Å²) in [5.74, 6) is 0.